The summed E-state index contributed by atoms with van der Waals surface area (Å²) in [4.78, 5) is 22.3. The molecular weight excluding hydrogens is 565 g/mol. The lowest BCUT2D eigenvalue weighted by Gasteiger charge is -2.34. The van der Waals surface area contributed by atoms with Crippen molar-refractivity contribution in [2.45, 2.75) is 18.6 Å². The van der Waals surface area contributed by atoms with Gasteiger partial charge in [-0.2, -0.15) is 5.10 Å². The van der Waals surface area contributed by atoms with E-state index in [0.29, 0.717) is 39.9 Å². The highest BCUT2D eigenvalue weighted by molar-refractivity contribution is 7.99. The molecule has 0 unspecified atom stereocenters. The molecule has 214 valence electrons. The third-order valence-electron chi connectivity index (χ3n) is 6.89. The summed E-state index contributed by atoms with van der Waals surface area (Å²) in [5.41, 5.74) is 10.6. The standard InChI is InChI=1S/C27H30FN9O2S2/c1-3-36-14-19(24(39)18-12-20(28)23(13-22(18)36)37-10-8-35(2)9-11-37)25-30-27(34-32-25)41-15-21(31-33-26(29)40)16-4-6-17(38)7-5-16/h4-7,12-14,38H,3,8-11,15H2,1-2H3,(H3,29,33,40)(H,30,32,34)/b31-21-. The first kappa shape index (κ1) is 28.5. The predicted octanol–water partition coefficient (Wildman–Crippen LogP) is 2.73. The van der Waals surface area contributed by atoms with Crippen molar-refractivity contribution in [3.05, 3.63) is 64.2 Å². The topological polar surface area (TPSA) is 141 Å². The van der Waals surface area contributed by atoms with Crippen LogP contribution >= 0.6 is 24.0 Å². The highest BCUT2D eigenvalue weighted by atomic mass is 32.2. The summed E-state index contributed by atoms with van der Waals surface area (Å²) >= 11 is 6.15. The van der Waals surface area contributed by atoms with Crippen LogP contribution in [0.2, 0.25) is 0 Å². The number of nitrogens with two attached hydrogens (primary N) is 1. The average Bonchev–Trinajstić information content (AvgIpc) is 3.43. The molecule has 4 aromatic rings. The molecule has 0 saturated carbocycles. The molecular formula is C27H30FN9O2S2. The van der Waals surface area contributed by atoms with E-state index >= 15 is 4.39 Å². The molecule has 0 bridgehead atoms. The van der Waals surface area contributed by atoms with Gasteiger partial charge >= 0.3 is 0 Å². The quantitative estimate of drug-likeness (QED) is 0.104. The van der Waals surface area contributed by atoms with Crippen molar-refractivity contribution in [3.63, 3.8) is 0 Å². The molecule has 0 amide bonds. The average molecular weight is 596 g/mol. The van der Waals surface area contributed by atoms with Crippen LogP contribution < -0.4 is 21.5 Å². The van der Waals surface area contributed by atoms with Crippen LogP contribution in [0.4, 0.5) is 10.1 Å². The molecule has 0 spiro atoms. The molecule has 1 aliphatic rings. The number of hydrogen-bond donors (Lipinski definition) is 4. The van der Waals surface area contributed by atoms with Crippen molar-refractivity contribution in [2.75, 3.05) is 43.9 Å². The molecule has 5 N–H and O–H groups in total. The van der Waals surface area contributed by atoms with Crippen molar-refractivity contribution in [3.8, 4) is 17.1 Å². The second-order valence-electron chi connectivity index (χ2n) is 9.61. The Morgan fingerprint density at radius 3 is 2.66 bits per heavy atom. The van der Waals surface area contributed by atoms with E-state index in [9.17, 15) is 9.90 Å². The number of likely N-dealkylation sites (N-methyl/N-ethyl adjacent to an activating group) is 1. The third-order valence-corrected chi connectivity index (χ3v) is 7.84. The minimum absolute atomic E-state index is 0.0158. The van der Waals surface area contributed by atoms with Crippen molar-refractivity contribution >= 4 is 51.4 Å². The van der Waals surface area contributed by atoms with Gasteiger partial charge in [-0.05, 0) is 68.2 Å². The predicted molar refractivity (Wildman–Crippen MR) is 164 cm³/mol. The second kappa shape index (κ2) is 12.2. The Morgan fingerprint density at radius 2 is 1.98 bits per heavy atom. The molecule has 2 aromatic carbocycles. The zero-order chi connectivity index (χ0) is 29.1. The minimum Gasteiger partial charge on any atom is -0.508 e. The number of nitrogens with one attached hydrogen (secondary N) is 2. The number of H-pyrrole nitrogens is 1. The van der Waals surface area contributed by atoms with Crippen LogP contribution in [0.5, 0.6) is 5.75 Å². The highest BCUT2D eigenvalue weighted by Crippen LogP contribution is 2.28. The molecule has 1 saturated heterocycles. The minimum atomic E-state index is -0.417. The summed E-state index contributed by atoms with van der Waals surface area (Å²) < 4.78 is 17.2. The van der Waals surface area contributed by atoms with Gasteiger partial charge in [-0.25, -0.2) is 9.37 Å². The summed E-state index contributed by atoms with van der Waals surface area (Å²) in [6.07, 6.45) is 1.74. The van der Waals surface area contributed by atoms with Crippen molar-refractivity contribution < 1.29 is 9.50 Å². The van der Waals surface area contributed by atoms with Gasteiger partial charge in [-0.1, -0.05) is 11.8 Å². The molecule has 3 heterocycles. The number of rotatable bonds is 8. The number of benzene rings is 2. The van der Waals surface area contributed by atoms with Gasteiger partial charge in [-0.3, -0.25) is 15.3 Å². The van der Waals surface area contributed by atoms with Crippen molar-refractivity contribution in [1.29, 1.82) is 0 Å². The van der Waals surface area contributed by atoms with E-state index in [0.717, 1.165) is 31.7 Å². The van der Waals surface area contributed by atoms with E-state index in [1.54, 1.807) is 36.5 Å². The lowest BCUT2D eigenvalue weighted by molar-refractivity contribution is 0.312. The van der Waals surface area contributed by atoms with Crippen molar-refractivity contribution in [1.82, 2.24) is 30.1 Å². The lowest BCUT2D eigenvalue weighted by Crippen LogP contribution is -2.44. The number of nitrogens with zero attached hydrogens (tertiary/aromatic N) is 6. The number of aromatic amines is 1. The number of thiocarbonyl (C=S) groups is 1. The Balaban J connectivity index is 1.42. The first-order chi connectivity index (χ1) is 19.7. The normalized spacial score (nSPS) is 14.5. The molecule has 1 aliphatic heterocycles. The Morgan fingerprint density at radius 1 is 1.24 bits per heavy atom. The molecule has 1 fully saturated rings. The van der Waals surface area contributed by atoms with Gasteiger partial charge in [0.15, 0.2) is 16.4 Å². The fraction of sp³-hybridized carbons (Fsp3) is 0.296. The maximum Gasteiger partial charge on any atom is 0.209 e. The first-order valence-electron chi connectivity index (χ1n) is 13.0. The van der Waals surface area contributed by atoms with Crippen LogP contribution in [-0.2, 0) is 6.54 Å². The zero-order valence-corrected chi connectivity index (χ0v) is 24.2. The number of aromatic hydroxyl groups is 1. The SMILES string of the molecule is CCn1cc(-c2nc(SC/C(=N/NC(N)=S)c3ccc(O)cc3)n[nH]2)c(=O)c2cc(F)c(N3CCN(C)CC3)cc21. The third kappa shape index (κ3) is 6.34. The number of phenolic OH excluding ortho intramolecular Hbond substituents is 1. The number of anilines is 1. The fourth-order valence-corrected chi connectivity index (χ4v) is 5.45. The van der Waals surface area contributed by atoms with Crippen molar-refractivity contribution in [2.24, 2.45) is 10.8 Å². The number of hydrogen-bond acceptors (Lipinski definition) is 9. The number of aryl methyl sites for hydroxylation is 1. The summed E-state index contributed by atoms with van der Waals surface area (Å²) in [6.45, 7) is 5.69. The summed E-state index contributed by atoms with van der Waals surface area (Å²) in [5, 5.41) is 21.7. The summed E-state index contributed by atoms with van der Waals surface area (Å²) in [7, 11) is 2.05. The van der Waals surface area contributed by atoms with Crippen LogP contribution in [0, 0.1) is 5.82 Å². The molecule has 5 rings (SSSR count). The fourth-order valence-electron chi connectivity index (χ4n) is 4.64. The van der Waals surface area contributed by atoms with Gasteiger partial charge in [0, 0.05) is 50.1 Å². The van der Waals surface area contributed by atoms with Gasteiger partial charge in [0.05, 0.1) is 22.5 Å². The van der Waals surface area contributed by atoms with Crippen LogP contribution in [0.15, 0.2) is 57.6 Å². The van der Waals surface area contributed by atoms with Crippen LogP contribution in [-0.4, -0.2) is 79.6 Å². The lowest BCUT2D eigenvalue weighted by atomic mass is 10.1. The number of hydrazone groups is 1. The number of fused-ring (bicyclic) bond motifs is 1. The molecule has 41 heavy (non-hydrogen) atoms. The largest absolute Gasteiger partial charge is 0.508 e. The monoisotopic (exact) mass is 595 g/mol. The second-order valence-corrected chi connectivity index (χ2v) is 11.0. The molecule has 11 nitrogen and oxygen atoms in total. The molecule has 0 radical (unpaired) electrons. The number of pyridine rings is 1. The number of phenols is 1. The highest BCUT2D eigenvalue weighted by Gasteiger charge is 2.21. The van der Waals surface area contributed by atoms with E-state index in [1.807, 2.05) is 16.4 Å². The maximum atomic E-state index is 15.3. The summed E-state index contributed by atoms with van der Waals surface area (Å²) in [6, 6.07) is 9.65. The molecule has 2 aromatic heterocycles. The van der Waals surface area contributed by atoms with Gasteiger partial charge < -0.3 is 25.2 Å². The number of thioether (sulfide) groups is 1. The van der Waals surface area contributed by atoms with Gasteiger partial charge in [0.2, 0.25) is 5.16 Å². The maximum absolute atomic E-state index is 15.3. The molecule has 0 atom stereocenters. The van der Waals surface area contributed by atoms with E-state index in [2.05, 4.69) is 37.7 Å². The van der Waals surface area contributed by atoms with Gasteiger partial charge in [0.1, 0.15) is 11.6 Å². The van der Waals surface area contributed by atoms with Gasteiger partial charge in [0.25, 0.3) is 0 Å². The number of piperazine rings is 1. The Hall–Kier alpha value is -4.01. The number of aromatic nitrogens is 4. The summed E-state index contributed by atoms with van der Waals surface area (Å²) in [5.74, 6) is 0.341. The zero-order valence-electron chi connectivity index (χ0n) is 22.6. The molecule has 14 heteroatoms. The van der Waals surface area contributed by atoms with Gasteiger partial charge in [-0.15, -0.1) is 5.10 Å². The van der Waals surface area contributed by atoms with Crippen LogP contribution in [0.1, 0.15) is 12.5 Å². The van der Waals surface area contributed by atoms with Crippen LogP contribution in [0.25, 0.3) is 22.3 Å². The number of halogens is 1. The Kier molecular flexibility index (Phi) is 8.52. The van der Waals surface area contributed by atoms with E-state index in [4.69, 9.17) is 18.0 Å². The Labute approximate surface area is 245 Å². The van der Waals surface area contributed by atoms with E-state index < -0.39 is 5.82 Å². The molecule has 0 aliphatic carbocycles. The van der Waals surface area contributed by atoms with E-state index in [-0.39, 0.29) is 27.5 Å². The Bertz CT molecular complexity index is 1660. The first-order valence-corrected chi connectivity index (χ1v) is 14.4. The van der Waals surface area contributed by atoms with E-state index in [1.165, 1.54) is 17.8 Å². The van der Waals surface area contributed by atoms with Crippen LogP contribution in [0.3, 0.4) is 0 Å². The smallest absolute Gasteiger partial charge is 0.209 e.